The lowest BCUT2D eigenvalue weighted by Crippen LogP contribution is -2.33. The van der Waals surface area contributed by atoms with Crippen LogP contribution in [0.4, 0.5) is 0 Å². The van der Waals surface area contributed by atoms with Gasteiger partial charge in [-0.15, -0.1) is 0 Å². The Morgan fingerprint density at radius 1 is 1.00 bits per heavy atom. The van der Waals surface area contributed by atoms with Crippen molar-refractivity contribution in [2.24, 2.45) is 5.92 Å². The molecule has 0 spiro atoms. The van der Waals surface area contributed by atoms with Crippen LogP contribution in [-0.4, -0.2) is 6.04 Å². The topological polar surface area (TPSA) is 12.0 Å². The van der Waals surface area contributed by atoms with E-state index in [1.165, 1.54) is 51.4 Å². The second-order valence-corrected chi connectivity index (χ2v) is 6.86. The van der Waals surface area contributed by atoms with Crippen LogP contribution in [0.15, 0.2) is 24.3 Å². The van der Waals surface area contributed by atoms with Gasteiger partial charge >= 0.3 is 0 Å². The van der Waals surface area contributed by atoms with Crippen molar-refractivity contribution in [1.29, 1.82) is 0 Å². The maximum absolute atomic E-state index is 3.82. The van der Waals surface area contributed by atoms with Crippen LogP contribution >= 0.6 is 0 Å². The van der Waals surface area contributed by atoms with E-state index in [1.54, 1.807) is 11.1 Å². The van der Waals surface area contributed by atoms with Crippen molar-refractivity contribution >= 4 is 0 Å². The molecule has 0 aromatic heterocycles. The van der Waals surface area contributed by atoms with Crippen LogP contribution in [0.5, 0.6) is 0 Å². The fraction of sp³-hybridized carbons (Fsp3) is 0.684. The second-order valence-electron chi connectivity index (χ2n) is 6.86. The number of rotatable bonds is 6. The van der Waals surface area contributed by atoms with Crippen molar-refractivity contribution in [3.63, 3.8) is 0 Å². The molecule has 1 heteroatoms. The van der Waals surface area contributed by atoms with Crippen LogP contribution in [0.2, 0.25) is 0 Å². The molecule has 20 heavy (non-hydrogen) atoms. The quantitative estimate of drug-likeness (QED) is 0.766. The number of hydrogen-bond acceptors (Lipinski definition) is 1. The van der Waals surface area contributed by atoms with E-state index in [1.807, 2.05) is 0 Å². The Labute approximate surface area is 124 Å². The van der Waals surface area contributed by atoms with Crippen LogP contribution < -0.4 is 5.32 Å². The highest BCUT2D eigenvalue weighted by Crippen LogP contribution is 2.41. The standard InChI is InChI=1S/C19H29N/c1-2-5-15-8-12-18(13-9-15)20-14-17-6-3-4-7-19(17)16-10-11-16/h3-4,6-7,15-16,18,20H,2,5,8-14H2,1H3. The molecule has 2 aliphatic rings. The summed E-state index contributed by atoms with van der Waals surface area (Å²) in [7, 11) is 0. The molecule has 0 saturated heterocycles. The minimum absolute atomic E-state index is 0.760. The number of nitrogens with one attached hydrogen (secondary N) is 1. The molecule has 0 aliphatic heterocycles. The molecule has 0 heterocycles. The van der Waals surface area contributed by atoms with Gasteiger partial charge in [-0.25, -0.2) is 0 Å². The van der Waals surface area contributed by atoms with Gasteiger partial charge in [-0.1, -0.05) is 44.0 Å². The van der Waals surface area contributed by atoms with Gasteiger partial charge in [0.1, 0.15) is 0 Å². The zero-order chi connectivity index (χ0) is 13.8. The first kappa shape index (κ1) is 14.1. The first-order chi connectivity index (χ1) is 9.86. The average Bonchev–Trinajstić information content (AvgIpc) is 3.32. The Balaban J connectivity index is 1.48. The summed E-state index contributed by atoms with van der Waals surface area (Å²) in [6, 6.07) is 9.82. The molecule has 1 aromatic rings. The molecular weight excluding hydrogens is 242 g/mol. The Hall–Kier alpha value is -0.820. The molecule has 2 fully saturated rings. The molecule has 0 radical (unpaired) electrons. The van der Waals surface area contributed by atoms with Crippen LogP contribution in [0.3, 0.4) is 0 Å². The lowest BCUT2D eigenvalue weighted by atomic mass is 9.83. The lowest BCUT2D eigenvalue weighted by molar-refractivity contribution is 0.277. The summed E-state index contributed by atoms with van der Waals surface area (Å²) >= 11 is 0. The molecule has 2 aliphatic carbocycles. The van der Waals surface area contributed by atoms with Crippen LogP contribution in [0.25, 0.3) is 0 Å². The molecule has 0 amide bonds. The van der Waals surface area contributed by atoms with Crippen molar-refractivity contribution < 1.29 is 0 Å². The van der Waals surface area contributed by atoms with Crippen LogP contribution in [-0.2, 0) is 6.54 Å². The number of hydrogen-bond donors (Lipinski definition) is 1. The van der Waals surface area contributed by atoms with E-state index in [-0.39, 0.29) is 0 Å². The van der Waals surface area contributed by atoms with Gasteiger partial charge in [0.2, 0.25) is 0 Å². The maximum Gasteiger partial charge on any atom is 0.0210 e. The molecule has 1 N–H and O–H groups in total. The molecule has 0 unspecified atom stereocenters. The summed E-state index contributed by atoms with van der Waals surface area (Å²) in [5.41, 5.74) is 3.16. The SMILES string of the molecule is CCCC1CCC(NCc2ccccc2C2CC2)CC1. The molecular formula is C19H29N. The van der Waals surface area contributed by atoms with E-state index in [9.17, 15) is 0 Å². The second kappa shape index (κ2) is 6.76. The highest BCUT2D eigenvalue weighted by atomic mass is 14.9. The van der Waals surface area contributed by atoms with Gasteiger partial charge < -0.3 is 5.32 Å². The Kier molecular flexibility index (Phi) is 4.77. The molecule has 1 aromatic carbocycles. The van der Waals surface area contributed by atoms with Gasteiger partial charge in [-0.2, -0.15) is 0 Å². The molecule has 2 saturated carbocycles. The van der Waals surface area contributed by atoms with Crippen molar-refractivity contribution in [3.05, 3.63) is 35.4 Å². The van der Waals surface area contributed by atoms with E-state index in [0.717, 1.165) is 24.4 Å². The van der Waals surface area contributed by atoms with E-state index in [4.69, 9.17) is 0 Å². The van der Waals surface area contributed by atoms with Crippen molar-refractivity contribution in [2.75, 3.05) is 0 Å². The summed E-state index contributed by atoms with van der Waals surface area (Å²) in [6.07, 6.45) is 11.3. The summed E-state index contributed by atoms with van der Waals surface area (Å²) in [5, 5.41) is 3.82. The van der Waals surface area contributed by atoms with Crippen molar-refractivity contribution in [1.82, 2.24) is 5.32 Å². The summed E-state index contributed by atoms with van der Waals surface area (Å²) in [4.78, 5) is 0. The van der Waals surface area contributed by atoms with Crippen molar-refractivity contribution in [3.8, 4) is 0 Å². The number of benzene rings is 1. The van der Waals surface area contributed by atoms with Crippen molar-refractivity contribution in [2.45, 2.75) is 76.8 Å². The van der Waals surface area contributed by atoms with Crippen LogP contribution in [0, 0.1) is 5.92 Å². The fourth-order valence-corrected chi connectivity index (χ4v) is 3.81. The Morgan fingerprint density at radius 2 is 1.75 bits per heavy atom. The average molecular weight is 271 g/mol. The Morgan fingerprint density at radius 3 is 2.45 bits per heavy atom. The zero-order valence-electron chi connectivity index (χ0n) is 12.9. The Bertz CT molecular complexity index is 414. The third-order valence-electron chi connectivity index (χ3n) is 5.20. The summed E-state index contributed by atoms with van der Waals surface area (Å²) < 4.78 is 0. The van der Waals surface area contributed by atoms with E-state index in [2.05, 4.69) is 36.5 Å². The van der Waals surface area contributed by atoms with E-state index >= 15 is 0 Å². The van der Waals surface area contributed by atoms with Gasteiger partial charge in [0.05, 0.1) is 0 Å². The van der Waals surface area contributed by atoms with Gasteiger partial charge in [0.25, 0.3) is 0 Å². The lowest BCUT2D eigenvalue weighted by Gasteiger charge is -2.29. The predicted molar refractivity (Wildman–Crippen MR) is 85.9 cm³/mol. The molecule has 0 bridgehead atoms. The summed E-state index contributed by atoms with van der Waals surface area (Å²) in [5.74, 6) is 1.88. The van der Waals surface area contributed by atoms with E-state index < -0.39 is 0 Å². The third kappa shape index (κ3) is 3.63. The highest BCUT2D eigenvalue weighted by Gasteiger charge is 2.26. The minimum atomic E-state index is 0.760. The smallest absolute Gasteiger partial charge is 0.0210 e. The van der Waals surface area contributed by atoms with Gasteiger partial charge in [-0.3, -0.25) is 0 Å². The predicted octanol–water partition coefficient (Wildman–Crippen LogP) is 5.01. The van der Waals surface area contributed by atoms with Gasteiger partial charge in [-0.05, 0) is 61.5 Å². The monoisotopic (exact) mass is 271 g/mol. The summed E-state index contributed by atoms with van der Waals surface area (Å²) in [6.45, 7) is 3.40. The first-order valence-corrected chi connectivity index (χ1v) is 8.68. The normalized spacial score (nSPS) is 26.6. The minimum Gasteiger partial charge on any atom is -0.310 e. The zero-order valence-corrected chi connectivity index (χ0v) is 12.9. The molecule has 110 valence electrons. The third-order valence-corrected chi connectivity index (χ3v) is 5.20. The highest BCUT2D eigenvalue weighted by molar-refractivity contribution is 5.33. The molecule has 1 nitrogen and oxygen atoms in total. The van der Waals surface area contributed by atoms with E-state index in [0.29, 0.717) is 0 Å². The van der Waals surface area contributed by atoms with Crippen LogP contribution in [0.1, 0.15) is 75.3 Å². The fourth-order valence-electron chi connectivity index (χ4n) is 3.81. The van der Waals surface area contributed by atoms with Gasteiger partial charge in [0, 0.05) is 12.6 Å². The van der Waals surface area contributed by atoms with Gasteiger partial charge in [0.15, 0.2) is 0 Å². The molecule has 0 atom stereocenters. The largest absolute Gasteiger partial charge is 0.310 e. The maximum atomic E-state index is 3.82. The first-order valence-electron chi connectivity index (χ1n) is 8.68. The molecule has 3 rings (SSSR count).